The number of hydrogen-bond donors (Lipinski definition) is 1. The summed E-state index contributed by atoms with van der Waals surface area (Å²) in [6.45, 7) is 3.51. The molecule has 3 heterocycles. The van der Waals surface area contributed by atoms with E-state index < -0.39 is 5.91 Å². The lowest BCUT2D eigenvalue weighted by molar-refractivity contribution is 0.0996. The fourth-order valence-corrected chi connectivity index (χ4v) is 4.49. The number of amides is 1. The van der Waals surface area contributed by atoms with Gasteiger partial charge in [0, 0.05) is 31.6 Å². The Balaban J connectivity index is 1.46. The Bertz CT molecular complexity index is 817. The summed E-state index contributed by atoms with van der Waals surface area (Å²) in [7, 11) is 0. The van der Waals surface area contributed by atoms with Crippen molar-refractivity contribution in [2.75, 3.05) is 36.0 Å². The predicted molar refractivity (Wildman–Crippen MR) is 94.7 cm³/mol. The van der Waals surface area contributed by atoms with Gasteiger partial charge in [-0.3, -0.25) is 4.79 Å². The Hall–Kier alpha value is -2.19. The van der Waals surface area contributed by atoms with E-state index in [0.29, 0.717) is 5.69 Å². The van der Waals surface area contributed by atoms with E-state index >= 15 is 0 Å². The zero-order chi connectivity index (χ0) is 15.8. The second-order valence-electron chi connectivity index (χ2n) is 5.32. The average Bonchev–Trinajstić information content (AvgIpc) is 3.22. The van der Waals surface area contributed by atoms with Gasteiger partial charge in [0.1, 0.15) is 5.69 Å². The van der Waals surface area contributed by atoms with Gasteiger partial charge in [0.15, 0.2) is 10.3 Å². The smallest absolute Gasteiger partial charge is 0.268 e. The van der Waals surface area contributed by atoms with Crippen molar-refractivity contribution < 1.29 is 4.79 Å². The van der Waals surface area contributed by atoms with Crippen LogP contribution < -0.4 is 15.5 Å². The highest BCUT2D eigenvalue weighted by Crippen LogP contribution is 2.30. The van der Waals surface area contributed by atoms with Crippen LogP contribution in [0.5, 0.6) is 0 Å². The van der Waals surface area contributed by atoms with E-state index in [2.05, 4.69) is 20.9 Å². The lowest BCUT2D eigenvalue weighted by Crippen LogP contribution is -2.46. The van der Waals surface area contributed by atoms with Gasteiger partial charge in [-0.2, -0.15) is 0 Å². The Morgan fingerprint density at radius 3 is 2.39 bits per heavy atom. The number of fused-ring (bicyclic) bond motifs is 1. The number of anilines is 2. The highest BCUT2D eigenvalue weighted by atomic mass is 32.1. The van der Waals surface area contributed by atoms with Gasteiger partial charge in [0.2, 0.25) is 0 Å². The molecule has 1 saturated heterocycles. The van der Waals surface area contributed by atoms with E-state index in [1.54, 1.807) is 16.7 Å². The number of aromatic nitrogens is 2. The van der Waals surface area contributed by atoms with Crippen molar-refractivity contribution in [3.05, 3.63) is 35.3 Å². The summed E-state index contributed by atoms with van der Waals surface area (Å²) in [6.07, 6.45) is 0. The van der Waals surface area contributed by atoms with Crippen LogP contribution in [0.15, 0.2) is 29.6 Å². The van der Waals surface area contributed by atoms with Crippen molar-refractivity contribution in [1.82, 2.24) is 9.97 Å². The maximum atomic E-state index is 11.2. The molecule has 0 atom stereocenters. The van der Waals surface area contributed by atoms with Crippen molar-refractivity contribution in [3.8, 4) is 0 Å². The molecular weight excluding hydrogens is 330 g/mol. The van der Waals surface area contributed by atoms with Gasteiger partial charge < -0.3 is 15.5 Å². The van der Waals surface area contributed by atoms with E-state index in [1.807, 2.05) is 18.2 Å². The Morgan fingerprint density at radius 1 is 1.04 bits per heavy atom. The van der Waals surface area contributed by atoms with Gasteiger partial charge in [-0.05, 0) is 12.1 Å². The summed E-state index contributed by atoms with van der Waals surface area (Å²) in [5.41, 5.74) is 6.67. The molecule has 2 aromatic heterocycles. The lowest BCUT2D eigenvalue weighted by Gasteiger charge is -2.34. The normalized spacial score (nSPS) is 15.3. The molecule has 3 aromatic rings. The third-order valence-electron chi connectivity index (χ3n) is 3.85. The van der Waals surface area contributed by atoms with Crippen LogP contribution in [0.4, 0.5) is 10.3 Å². The summed E-state index contributed by atoms with van der Waals surface area (Å²) in [4.78, 5) is 24.7. The summed E-state index contributed by atoms with van der Waals surface area (Å²) < 4.78 is 1.22. The molecule has 0 spiro atoms. The van der Waals surface area contributed by atoms with Crippen LogP contribution in [0.3, 0.4) is 0 Å². The van der Waals surface area contributed by atoms with Gasteiger partial charge >= 0.3 is 0 Å². The zero-order valence-electron chi connectivity index (χ0n) is 12.3. The molecule has 1 aliphatic heterocycles. The van der Waals surface area contributed by atoms with Crippen molar-refractivity contribution in [2.24, 2.45) is 5.73 Å². The maximum absolute atomic E-state index is 11.2. The number of para-hydroxylation sites is 1. The highest BCUT2D eigenvalue weighted by Gasteiger charge is 2.22. The predicted octanol–water partition coefficient (Wildman–Crippen LogP) is 2.18. The average molecular weight is 345 g/mol. The zero-order valence-corrected chi connectivity index (χ0v) is 13.9. The number of nitrogens with zero attached hydrogens (tertiary/aromatic N) is 4. The fraction of sp³-hybridized carbons (Fsp3) is 0.267. The summed E-state index contributed by atoms with van der Waals surface area (Å²) in [5.74, 6) is -0.472. The topological polar surface area (TPSA) is 75.4 Å². The van der Waals surface area contributed by atoms with Crippen molar-refractivity contribution in [3.63, 3.8) is 0 Å². The molecular formula is C15H15N5OS2. The molecule has 0 unspecified atom stereocenters. The number of nitrogens with two attached hydrogens (primary N) is 1. The molecule has 1 fully saturated rings. The number of rotatable bonds is 3. The highest BCUT2D eigenvalue weighted by molar-refractivity contribution is 7.22. The quantitative estimate of drug-likeness (QED) is 0.787. The molecule has 0 aliphatic carbocycles. The third-order valence-corrected chi connectivity index (χ3v) is 5.85. The van der Waals surface area contributed by atoms with E-state index in [4.69, 9.17) is 10.7 Å². The van der Waals surface area contributed by atoms with Crippen LogP contribution in [-0.4, -0.2) is 42.1 Å². The van der Waals surface area contributed by atoms with Crippen molar-refractivity contribution in [1.29, 1.82) is 0 Å². The Kier molecular flexibility index (Phi) is 3.62. The molecule has 8 heteroatoms. The van der Waals surface area contributed by atoms with E-state index in [0.717, 1.165) is 42.0 Å². The number of primary amides is 1. The molecule has 1 amide bonds. The molecule has 0 radical (unpaired) electrons. The molecule has 0 saturated carbocycles. The molecule has 2 N–H and O–H groups in total. The van der Waals surface area contributed by atoms with E-state index in [-0.39, 0.29) is 0 Å². The van der Waals surface area contributed by atoms with Gasteiger partial charge in [-0.15, -0.1) is 11.3 Å². The number of thiazole rings is 2. The first-order valence-electron chi connectivity index (χ1n) is 7.31. The number of hydrogen-bond acceptors (Lipinski definition) is 7. The van der Waals surface area contributed by atoms with Crippen LogP contribution in [0, 0.1) is 0 Å². The number of carbonyl (C=O) groups is 1. The first kappa shape index (κ1) is 14.4. The van der Waals surface area contributed by atoms with Crippen LogP contribution >= 0.6 is 22.7 Å². The first-order valence-corrected chi connectivity index (χ1v) is 9.01. The second kappa shape index (κ2) is 5.78. The van der Waals surface area contributed by atoms with Gasteiger partial charge in [0.25, 0.3) is 5.91 Å². The van der Waals surface area contributed by atoms with Crippen LogP contribution in [0.2, 0.25) is 0 Å². The second-order valence-corrected chi connectivity index (χ2v) is 7.16. The van der Waals surface area contributed by atoms with Crippen LogP contribution in [0.25, 0.3) is 10.2 Å². The SMILES string of the molecule is NC(=O)c1csc(N2CCN(c3nc4ccccc4s3)CC2)n1. The van der Waals surface area contributed by atoms with E-state index in [1.165, 1.54) is 16.0 Å². The molecule has 118 valence electrons. The maximum Gasteiger partial charge on any atom is 0.268 e. The first-order chi connectivity index (χ1) is 11.2. The minimum Gasteiger partial charge on any atom is -0.364 e. The minimum atomic E-state index is -0.472. The largest absolute Gasteiger partial charge is 0.364 e. The number of piperazine rings is 1. The molecule has 4 rings (SSSR count). The molecule has 1 aliphatic rings. The standard InChI is InChI=1S/C15H15N5OS2/c16-13(21)11-9-22-14(18-11)19-5-7-20(8-6-19)15-17-10-3-1-2-4-12(10)23-15/h1-4,9H,5-8H2,(H2,16,21). The minimum absolute atomic E-state index is 0.346. The summed E-state index contributed by atoms with van der Waals surface area (Å²) in [6, 6.07) is 8.21. The van der Waals surface area contributed by atoms with Crippen LogP contribution in [0.1, 0.15) is 10.5 Å². The third kappa shape index (κ3) is 2.75. The lowest BCUT2D eigenvalue weighted by atomic mass is 10.3. The van der Waals surface area contributed by atoms with Gasteiger partial charge in [0.05, 0.1) is 10.2 Å². The monoisotopic (exact) mass is 345 g/mol. The Labute approximate surface area is 141 Å². The number of carbonyl (C=O) groups excluding carboxylic acids is 1. The Morgan fingerprint density at radius 2 is 1.74 bits per heavy atom. The molecule has 0 bridgehead atoms. The summed E-state index contributed by atoms with van der Waals surface area (Å²) >= 11 is 3.20. The molecule has 6 nitrogen and oxygen atoms in total. The van der Waals surface area contributed by atoms with Crippen molar-refractivity contribution in [2.45, 2.75) is 0 Å². The fourth-order valence-electron chi connectivity index (χ4n) is 2.61. The van der Waals surface area contributed by atoms with E-state index in [9.17, 15) is 4.79 Å². The molecule has 23 heavy (non-hydrogen) atoms. The van der Waals surface area contributed by atoms with Crippen LogP contribution in [-0.2, 0) is 0 Å². The summed E-state index contributed by atoms with van der Waals surface area (Å²) in [5, 5.41) is 3.66. The van der Waals surface area contributed by atoms with Gasteiger partial charge in [-0.25, -0.2) is 9.97 Å². The number of benzene rings is 1. The molecule has 1 aromatic carbocycles. The van der Waals surface area contributed by atoms with Gasteiger partial charge in [-0.1, -0.05) is 23.5 Å². The van der Waals surface area contributed by atoms with Crippen molar-refractivity contribution >= 4 is 49.1 Å².